The molecule has 0 N–H and O–H groups in total. The summed E-state index contributed by atoms with van der Waals surface area (Å²) in [5.74, 6) is 1.28. The molecule has 0 saturated carbocycles. The lowest BCUT2D eigenvalue weighted by Gasteiger charge is -2.25. The molecule has 0 heterocycles. The fourth-order valence-electron chi connectivity index (χ4n) is 4.08. The number of rotatable bonds is 21. The van der Waals surface area contributed by atoms with Crippen molar-refractivity contribution < 1.29 is 18.1 Å². The van der Waals surface area contributed by atoms with Gasteiger partial charge in [0.1, 0.15) is 0 Å². The van der Waals surface area contributed by atoms with Crippen LogP contribution in [0.5, 0.6) is 0 Å². The quantitative estimate of drug-likeness (QED) is 0.169. The van der Waals surface area contributed by atoms with Crippen molar-refractivity contribution in [1.82, 2.24) is 0 Å². The highest BCUT2D eigenvalue weighted by molar-refractivity contribution is 7.48. The third kappa shape index (κ3) is 14.7. The van der Waals surface area contributed by atoms with E-state index in [4.69, 9.17) is 13.6 Å². The maximum absolute atomic E-state index is 13.5. The molecule has 0 fully saturated rings. The topological polar surface area (TPSA) is 44.8 Å². The normalized spacial score (nSPS) is 12.6. The predicted molar refractivity (Wildman–Crippen MR) is 125 cm³/mol. The SMILES string of the molecule is CCCC(CCC)COP(=O)(OCC(CCC)CCC)OCC(CCC)CCC. The van der Waals surface area contributed by atoms with Gasteiger partial charge in [-0.25, -0.2) is 4.57 Å². The molecule has 176 valence electrons. The third-order valence-corrected chi connectivity index (χ3v) is 6.98. The molecule has 0 aliphatic carbocycles. The van der Waals surface area contributed by atoms with Crippen molar-refractivity contribution in [3.63, 3.8) is 0 Å². The van der Waals surface area contributed by atoms with E-state index in [0.717, 1.165) is 77.0 Å². The molecule has 0 amide bonds. The molecule has 0 unspecified atom stereocenters. The molecular formula is C24H51O4P. The van der Waals surface area contributed by atoms with E-state index in [1.165, 1.54) is 0 Å². The Balaban J connectivity index is 5.03. The first-order valence-electron chi connectivity index (χ1n) is 12.5. The van der Waals surface area contributed by atoms with Crippen molar-refractivity contribution >= 4 is 7.82 Å². The van der Waals surface area contributed by atoms with Crippen LogP contribution in [0.2, 0.25) is 0 Å². The fourth-order valence-corrected chi connectivity index (χ4v) is 5.49. The van der Waals surface area contributed by atoms with Gasteiger partial charge < -0.3 is 0 Å². The summed E-state index contributed by atoms with van der Waals surface area (Å²) in [5.41, 5.74) is 0. The molecule has 0 aromatic heterocycles. The highest BCUT2D eigenvalue weighted by Crippen LogP contribution is 2.51. The molecule has 0 aliphatic heterocycles. The zero-order chi connectivity index (χ0) is 22.0. The number of phosphoric ester groups is 1. The summed E-state index contributed by atoms with van der Waals surface area (Å²) in [6, 6.07) is 0. The maximum atomic E-state index is 13.5. The summed E-state index contributed by atoms with van der Waals surface area (Å²) in [5, 5.41) is 0. The van der Waals surface area contributed by atoms with E-state index in [-0.39, 0.29) is 0 Å². The zero-order valence-electron chi connectivity index (χ0n) is 20.4. The first-order valence-corrected chi connectivity index (χ1v) is 14.0. The van der Waals surface area contributed by atoms with Crippen molar-refractivity contribution in [2.45, 2.75) is 119 Å². The van der Waals surface area contributed by atoms with Gasteiger partial charge in [0.05, 0.1) is 19.8 Å². The average molecular weight is 435 g/mol. The minimum absolute atomic E-state index is 0.426. The number of phosphoric acid groups is 1. The fraction of sp³-hybridized carbons (Fsp3) is 1.00. The zero-order valence-corrected chi connectivity index (χ0v) is 21.3. The number of hydrogen-bond donors (Lipinski definition) is 0. The third-order valence-electron chi connectivity index (χ3n) is 5.59. The molecule has 0 aromatic carbocycles. The average Bonchev–Trinajstić information content (AvgIpc) is 2.70. The smallest absolute Gasteiger partial charge is 0.287 e. The Labute approximate surface area is 182 Å². The summed E-state index contributed by atoms with van der Waals surface area (Å²) in [6.45, 7) is 14.5. The molecule has 0 aliphatic rings. The molecule has 0 bridgehead atoms. The van der Waals surface area contributed by atoms with Gasteiger partial charge in [0.15, 0.2) is 0 Å². The molecule has 0 spiro atoms. The molecule has 0 atom stereocenters. The van der Waals surface area contributed by atoms with Crippen LogP contribution >= 0.6 is 7.82 Å². The lowest BCUT2D eigenvalue weighted by molar-refractivity contribution is 0.0718. The van der Waals surface area contributed by atoms with Gasteiger partial charge in [0, 0.05) is 0 Å². The van der Waals surface area contributed by atoms with E-state index in [0.29, 0.717) is 37.6 Å². The Hall–Kier alpha value is 0.110. The second-order valence-electron chi connectivity index (χ2n) is 8.66. The van der Waals surface area contributed by atoms with Gasteiger partial charge in [0.25, 0.3) is 0 Å². The molecule has 4 nitrogen and oxygen atoms in total. The van der Waals surface area contributed by atoms with Crippen molar-refractivity contribution in [3.05, 3.63) is 0 Å². The van der Waals surface area contributed by atoms with E-state index in [1.807, 2.05) is 0 Å². The van der Waals surface area contributed by atoms with Crippen molar-refractivity contribution in [3.8, 4) is 0 Å². The second kappa shape index (κ2) is 18.8. The minimum Gasteiger partial charge on any atom is -0.287 e. The van der Waals surface area contributed by atoms with Crippen LogP contribution in [0, 0.1) is 17.8 Å². The standard InChI is InChI=1S/C24H51O4P/c1-7-13-22(14-8-2)19-26-29(25,27-20-23(15-9-3)16-10-4)28-21-24(17-11-5)18-12-6/h22-24H,7-21H2,1-6H3. The Morgan fingerprint density at radius 3 is 0.862 bits per heavy atom. The Kier molecular flexibility index (Phi) is 18.9. The van der Waals surface area contributed by atoms with Crippen LogP contribution in [0.3, 0.4) is 0 Å². The van der Waals surface area contributed by atoms with Crippen molar-refractivity contribution in [1.29, 1.82) is 0 Å². The molecule has 0 aromatic rings. The van der Waals surface area contributed by atoms with Crippen molar-refractivity contribution in [2.24, 2.45) is 17.8 Å². The molecule has 29 heavy (non-hydrogen) atoms. The number of hydrogen-bond acceptors (Lipinski definition) is 4. The van der Waals surface area contributed by atoms with E-state index >= 15 is 0 Å². The highest BCUT2D eigenvalue weighted by Gasteiger charge is 2.30. The molecule has 5 heteroatoms. The van der Waals surface area contributed by atoms with Gasteiger partial charge in [-0.05, 0) is 56.3 Å². The van der Waals surface area contributed by atoms with Gasteiger partial charge in [-0.15, -0.1) is 0 Å². The summed E-state index contributed by atoms with van der Waals surface area (Å²) in [4.78, 5) is 0. The van der Waals surface area contributed by atoms with Crippen LogP contribution in [-0.2, 0) is 18.1 Å². The molecular weight excluding hydrogens is 383 g/mol. The van der Waals surface area contributed by atoms with Crippen molar-refractivity contribution in [2.75, 3.05) is 19.8 Å². The van der Waals surface area contributed by atoms with Crippen LogP contribution in [0.25, 0.3) is 0 Å². The van der Waals surface area contributed by atoms with E-state index < -0.39 is 7.82 Å². The summed E-state index contributed by atoms with van der Waals surface area (Å²) in [7, 11) is -3.52. The second-order valence-corrected chi connectivity index (χ2v) is 10.3. The van der Waals surface area contributed by atoms with Crippen LogP contribution < -0.4 is 0 Å². The summed E-state index contributed by atoms with van der Waals surface area (Å²) in [6.07, 6.45) is 13.3. The lowest BCUT2D eigenvalue weighted by Crippen LogP contribution is -2.16. The van der Waals surface area contributed by atoms with E-state index in [2.05, 4.69) is 41.5 Å². The van der Waals surface area contributed by atoms with E-state index in [9.17, 15) is 4.57 Å². The molecule has 0 rings (SSSR count). The van der Waals surface area contributed by atoms with Gasteiger partial charge in [-0.2, -0.15) is 0 Å². The Bertz CT molecular complexity index is 327. The van der Waals surface area contributed by atoms with Gasteiger partial charge >= 0.3 is 7.82 Å². The minimum atomic E-state index is -3.52. The van der Waals surface area contributed by atoms with Crippen LogP contribution in [0.15, 0.2) is 0 Å². The van der Waals surface area contributed by atoms with E-state index in [1.54, 1.807) is 0 Å². The van der Waals surface area contributed by atoms with Gasteiger partial charge in [0.2, 0.25) is 0 Å². The van der Waals surface area contributed by atoms with Crippen LogP contribution in [0.1, 0.15) is 119 Å². The summed E-state index contributed by atoms with van der Waals surface area (Å²) >= 11 is 0. The van der Waals surface area contributed by atoms with Gasteiger partial charge in [-0.3, -0.25) is 13.6 Å². The highest BCUT2D eigenvalue weighted by atomic mass is 31.2. The van der Waals surface area contributed by atoms with Gasteiger partial charge in [-0.1, -0.05) is 80.1 Å². The maximum Gasteiger partial charge on any atom is 0.474 e. The monoisotopic (exact) mass is 434 g/mol. The Morgan fingerprint density at radius 2 is 0.690 bits per heavy atom. The van der Waals surface area contributed by atoms with Crippen LogP contribution in [0.4, 0.5) is 0 Å². The molecule has 0 radical (unpaired) electrons. The largest absolute Gasteiger partial charge is 0.474 e. The first-order chi connectivity index (χ1) is 14.0. The van der Waals surface area contributed by atoms with Crippen LogP contribution in [-0.4, -0.2) is 19.8 Å². The molecule has 0 saturated heterocycles. The lowest BCUT2D eigenvalue weighted by atomic mass is 10.00. The predicted octanol–water partition coefficient (Wildman–Crippen LogP) is 8.79. The first kappa shape index (κ1) is 29.1. The summed E-state index contributed by atoms with van der Waals surface area (Å²) < 4.78 is 31.2. The Morgan fingerprint density at radius 1 is 0.483 bits per heavy atom.